The molecule has 3 N–H and O–H groups in total. The summed E-state index contributed by atoms with van der Waals surface area (Å²) in [6, 6.07) is 3.89. The molecule has 0 amide bonds. The second-order valence-corrected chi connectivity index (χ2v) is 6.57. The molecule has 0 aromatic carbocycles. The molecule has 3 aromatic rings. The third-order valence-electron chi connectivity index (χ3n) is 4.82. The summed E-state index contributed by atoms with van der Waals surface area (Å²) in [5.41, 5.74) is 6.76. The largest absolute Gasteiger partial charge is 0.369 e. The zero-order valence-electron chi connectivity index (χ0n) is 15.1. The van der Waals surface area contributed by atoms with Crippen LogP contribution in [0.5, 0.6) is 0 Å². The van der Waals surface area contributed by atoms with Gasteiger partial charge in [0.15, 0.2) is 5.82 Å². The van der Waals surface area contributed by atoms with Crippen molar-refractivity contribution in [2.24, 2.45) is 0 Å². The van der Waals surface area contributed by atoms with E-state index < -0.39 is 0 Å². The standard InChI is InChI=1S/C19H23N7/c1-12-15(13(2)26-25-12)6-10-22-19-16-5-9-21-11-17(16)23-18(24-19)14-3-7-20-8-4-14/h3-4,7-8,21H,5-6,9-11H2,1-2H3,(H,25,26)(H,22,23,24). The Bertz CT molecular complexity index is 882. The molecule has 1 aliphatic rings. The van der Waals surface area contributed by atoms with Gasteiger partial charge < -0.3 is 10.6 Å². The second-order valence-electron chi connectivity index (χ2n) is 6.57. The van der Waals surface area contributed by atoms with Gasteiger partial charge in [0.1, 0.15) is 5.82 Å². The fraction of sp³-hybridized carbons (Fsp3) is 0.368. The fourth-order valence-electron chi connectivity index (χ4n) is 3.38. The Hall–Kier alpha value is -2.80. The normalized spacial score (nSPS) is 13.5. The highest BCUT2D eigenvalue weighted by molar-refractivity contribution is 5.59. The molecule has 0 spiro atoms. The molecule has 0 bridgehead atoms. The van der Waals surface area contributed by atoms with Crippen LogP contribution in [-0.4, -0.2) is 38.2 Å². The predicted molar refractivity (Wildman–Crippen MR) is 101 cm³/mol. The first-order valence-electron chi connectivity index (χ1n) is 8.97. The topological polar surface area (TPSA) is 91.4 Å². The molecule has 26 heavy (non-hydrogen) atoms. The van der Waals surface area contributed by atoms with Crippen molar-refractivity contribution in [2.75, 3.05) is 18.4 Å². The number of aromatic amines is 1. The van der Waals surface area contributed by atoms with Gasteiger partial charge in [-0.1, -0.05) is 0 Å². The quantitative estimate of drug-likeness (QED) is 0.654. The van der Waals surface area contributed by atoms with Gasteiger partial charge in [-0.25, -0.2) is 9.97 Å². The number of hydrogen-bond donors (Lipinski definition) is 3. The van der Waals surface area contributed by atoms with Gasteiger partial charge in [-0.3, -0.25) is 10.1 Å². The van der Waals surface area contributed by atoms with Crippen LogP contribution in [0.4, 0.5) is 5.82 Å². The second kappa shape index (κ2) is 7.21. The molecule has 134 valence electrons. The van der Waals surface area contributed by atoms with Crippen molar-refractivity contribution in [1.29, 1.82) is 0 Å². The van der Waals surface area contributed by atoms with Crippen molar-refractivity contribution in [3.05, 3.63) is 52.7 Å². The van der Waals surface area contributed by atoms with Crippen LogP contribution in [-0.2, 0) is 19.4 Å². The molecule has 0 saturated carbocycles. The number of H-pyrrole nitrogens is 1. The lowest BCUT2D eigenvalue weighted by Crippen LogP contribution is -2.27. The first-order chi connectivity index (χ1) is 12.7. The molecular weight excluding hydrogens is 326 g/mol. The van der Waals surface area contributed by atoms with E-state index in [1.165, 1.54) is 11.1 Å². The molecule has 0 unspecified atom stereocenters. The van der Waals surface area contributed by atoms with Crippen molar-refractivity contribution in [3.8, 4) is 11.4 Å². The van der Waals surface area contributed by atoms with Crippen molar-refractivity contribution in [3.63, 3.8) is 0 Å². The van der Waals surface area contributed by atoms with E-state index in [-0.39, 0.29) is 0 Å². The number of aryl methyl sites for hydroxylation is 2. The smallest absolute Gasteiger partial charge is 0.161 e. The highest BCUT2D eigenvalue weighted by Crippen LogP contribution is 2.24. The van der Waals surface area contributed by atoms with E-state index in [2.05, 4.69) is 32.7 Å². The van der Waals surface area contributed by atoms with E-state index in [9.17, 15) is 0 Å². The number of anilines is 1. The molecule has 3 aromatic heterocycles. The Morgan fingerprint density at radius 1 is 1.15 bits per heavy atom. The minimum absolute atomic E-state index is 0.744. The maximum atomic E-state index is 4.82. The Kier molecular flexibility index (Phi) is 4.62. The third-order valence-corrected chi connectivity index (χ3v) is 4.82. The third kappa shape index (κ3) is 3.30. The molecule has 0 fully saturated rings. The highest BCUT2D eigenvalue weighted by Gasteiger charge is 2.18. The maximum Gasteiger partial charge on any atom is 0.161 e. The van der Waals surface area contributed by atoms with Gasteiger partial charge in [-0.05, 0) is 50.9 Å². The predicted octanol–water partition coefficient (Wildman–Crippen LogP) is 2.18. The molecular formula is C19H23N7. The number of nitrogens with zero attached hydrogens (tertiary/aromatic N) is 4. The molecule has 0 saturated heterocycles. The van der Waals surface area contributed by atoms with Crippen molar-refractivity contribution in [2.45, 2.75) is 33.2 Å². The van der Waals surface area contributed by atoms with E-state index in [4.69, 9.17) is 9.97 Å². The van der Waals surface area contributed by atoms with Crippen LogP contribution in [0.15, 0.2) is 24.5 Å². The fourth-order valence-corrected chi connectivity index (χ4v) is 3.38. The van der Waals surface area contributed by atoms with E-state index in [1.807, 2.05) is 19.1 Å². The molecule has 4 heterocycles. The molecule has 0 atom stereocenters. The summed E-state index contributed by atoms with van der Waals surface area (Å²) in [4.78, 5) is 13.7. The minimum atomic E-state index is 0.744. The van der Waals surface area contributed by atoms with Crippen LogP contribution in [0.25, 0.3) is 11.4 Å². The molecule has 0 aliphatic carbocycles. The van der Waals surface area contributed by atoms with Crippen LogP contribution < -0.4 is 10.6 Å². The summed E-state index contributed by atoms with van der Waals surface area (Å²) in [6.45, 7) is 6.66. The van der Waals surface area contributed by atoms with Gasteiger partial charge in [0.05, 0.1) is 11.4 Å². The summed E-state index contributed by atoms with van der Waals surface area (Å²) in [5, 5.41) is 14.3. The lowest BCUT2D eigenvalue weighted by atomic mass is 10.1. The number of rotatable bonds is 5. The average Bonchev–Trinajstić information content (AvgIpc) is 3.00. The highest BCUT2D eigenvalue weighted by atomic mass is 15.1. The van der Waals surface area contributed by atoms with Crippen LogP contribution in [0, 0.1) is 13.8 Å². The minimum Gasteiger partial charge on any atom is -0.369 e. The summed E-state index contributed by atoms with van der Waals surface area (Å²) in [7, 11) is 0. The van der Waals surface area contributed by atoms with E-state index in [0.717, 1.165) is 66.8 Å². The molecule has 0 radical (unpaired) electrons. The summed E-state index contributed by atoms with van der Waals surface area (Å²) in [6.07, 6.45) is 5.40. The SMILES string of the molecule is Cc1n[nH]c(C)c1CCNc1nc(-c2ccncc2)nc2c1CCNC2. The van der Waals surface area contributed by atoms with Crippen molar-refractivity contribution < 1.29 is 0 Å². The van der Waals surface area contributed by atoms with Gasteiger partial charge in [-0.15, -0.1) is 0 Å². The Labute approximate surface area is 152 Å². The summed E-state index contributed by atoms with van der Waals surface area (Å²) in [5.74, 6) is 1.69. The Morgan fingerprint density at radius 3 is 2.77 bits per heavy atom. The Morgan fingerprint density at radius 2 is 2.00 bits per heavy atom. The Balaban J connectivity index is 1.60. The van der Waals surface area contributed by atoms with Gasteiger partial charge in [0.2, 0.25) is 0 Å². The lowest BCUT2D eigenvalue weighted by molar-refractivity contribution is 0.625. The van der Waals surface area contributed by atoms with Crippen molar-refractivity contribution in [1.82, 2.24) is 30.5 Å². The van der Waals surface area contributed by atoms with Crippen LogP contribution in [0.3, 0.4) is 0 Å². The van der Waals surface area contributed by atoms with E-state index in [1.54, 1.807) is 12.4 Å². The molecule has 7 nitrogen and oxygen atoms in total. The van der Waals surface area contributed by atoms with Gasteiger partial charge >= 0.3 is 0 Å². The van der Waals surface area contributed by atoms with Crippen molar-refractivity contribution >= 4 is 5.82 Å². The molecule has 4 rings (SSSR count). The molecule has 7 heteroatoms. The number of nitrogens with one attached hydrogen (secondary N) is 3. The maximum absolute atomic E-state index is 4.82. The zero-order chi connectivity index (χ0) is 17.9. The number of pyridine rings is 1. The van der Waals surface area contributed by atoms with Crippen LogP contribution in [0.1, 0.15) is 28.2 Å². The monoisotopic (exact) mass is 349 g/mol. The average molecular weight is 349 g/mol. The molecule has 1 aliphatic heterocycles. The zero-order valence-corrected chi connectivity index (χ0v) is 15.1. The summed E-state index contributed by atoms with van der Waals surface area (Å²) < 4.78 is 0. The van der Waals surface area contributed by atoms with E-state index in [0.29, 0.717) is 0 Å². The lowest BCUT2D eigenvalue weighted by Gasteiger charge is -2.20. The first kappa shape index (κ1) is 16.7. The first-order valence-corrected chi connectivity index (χ1v) is 8.97. The van der Waals surface area contributed by atoms with Gasteiger partial charge in [0.25, 0.3) is 0 Å². The number of hydrogen-bond acceptors (Lipinski definition) is 6. The summed E-state index contributed by atoms with van der Waals surface area (Å²) >= 11 is 0. The van der Waals surface area contributed by atoms with Gasteiger partial charge in [-0.2, -0.15) is 5.10 Å². The number of fused-ring (bicyclic) bond motifs is 1. The number of aromatic nitrogens is 5. The van der Waals surface area contributed by atoms with E-state index >= 15 is 0 Å². The van der Waals surface area contributed by atoms with Crippen LogP contribution in [0.2, 0.25) is 0 Å². The van der Waals surface area contributed by atoms with Crippen LogP contribution >= 0.6 is 0 Å². The van der Waals surface area contributed by atoms with Gasteiger partial charge in [0, 0.05) is 42.3 Å².